The van der Waals surface area contributed by atoms with Gasteiger partial charge in [-0.2, -0.15) is 0 Å². The lowest BCUT2D eigenvalue weighted by atomic mass is 9.88. The van der Waals surface area contributed by atoms with E-state index >= 15 is 0 Å². The zero-order valence-electron chi connectivity index (χ0n) is 18.2. The van der Waals surface area contributed by atoms with Crippen LogP contribution in [0.3, 0.4) is 0 Å². The van der Waals surface area contributed by atoms with E-state index in [0.717, 1.165) is 22.4 Å². The van der Waals surface area contributed by atoms with Gasteiger partial charge in [-0.3, -0.25) is 14.4 Å². The van der Waals surface area contributed by atoms with E-state index in [1.54, 1.807) is 12.1 Å². The van der Waals surface area contributed by atoms with Crippen LogP contribution in [-0.2, 0) is 20.1 Å². The maximum atomic E-state index is 12.8. The first-order chi connectivity index (χ1) is 15.2. The number of rotatable bonds is 6. The molecule has 2 aromatic rings. The number of hydrogen-bond acceptors (Lipinski definition) is 5. The number of carbonyl (C=O) groups excluding carboxylic acids is 2. The smallest absolute Gasteiger partial charge is 0.252 e. The lowest BCUT2D eigenvalue weighted by Gasteiger charge is -2.22. The Bertz CT molecular complexity index is 1100. The van der Waals surface area contributed by atoms with Gasteiger partial charge in [0.05, 0.1) is 18.2 Å². The Morgan fingerprint density at radius 1 is 1.22 bits per heavy atom. The molecule has 2 heterocycles. The third-order valence-corrected chi connectivity index (χ3v) is 6.38. The third-order valence-electron chi connectivity index (χ3n) is 5.94. The van der Waals surface area contributed by atoms with Crippen molar-refractivity contribution in [1.29, 1.82) is 0 Å². The molecular formula is C24H24Cl2N2O4. The first kappa shape index (κ1) is 22.8. The second kappa shape index (κ2) is 8.85. The molecule has 2 aromatic carbocycles. The fourth-order valence-electron chi connectivity index (χ4n) is 4.11. The van der Waals surface area contributed by atoms with Gasteiger partial charge in [0.2, 0.25) is 0 Å². The number of oxime groups is 1. The molecule has 4 rings (SSSR count). The zero-order valence-corrected chi connectivity index (χ0v) is 19.7. The Hall–Kier alpha value is -2.41. The van der Waals surface area contributed by atoms with Crippen LogP contribution in [0.25, 0.3) is 0 Å². The molecule has 2 aliphatic rings. The van der Waals surface area contributed by atoms with E-state index in [-0.39, 0.29) is 24.7 Å². The summed E-state index contributed by atoms with van der Waals surface area (Å²) in [7, 11) is 0. The van der Waals surface area contributed by atoms with Crippen LogP contribution in [0.4, 0.5) is 0 Å². The Balaban J connectivity index is 1.48. The molecule has 6 nitrogen and oxygen atoms in total. The van der Waals surface area contributed by atoms with Crippen molar-refractivity contribution in [3.05, 3.63) is 68.7 Å². The van der Waals surface area contributed by atoms with E-state index in [4.69, 9.17) is 32.9 Å². The van der Waals surface area contributed by atoms with Gasteiger partial charge in [0.25, 0.3) is 5.91 Å². The van der Waals surface area contributed by atoms with E-state index < -0.39 is 11.5 Å². The van der Waals surface area contributed by atoms with E-state index in [1.165, 1.54) is 5.06 Å². The van der Waals surface area contributed by atoms with E-state index in [1.807, 2.05) is 45.0 Å². The molecule has 0 aliphatic carbocycles. The molecule has 0 radical (unpaired) electrons. The highest BCUT2D eigenvalue weighted by Crippen LogP contribution is 2.38. The van der Waals surface area contributed by atoms with Crippen molar-refractivity contribution in [3.63, 3.8) is 0 Å². The number of carbonyl (C=O) groups is 2. The van der Waals surface area contributed by atoms with Crippen molar-refractivity contribution < 1.29 is 19.3 Å². The predicted octanol–water partition coefficient (Wildman–Crippen LogP) is 5.32. The van der Waals surface area contributed by atoms with Gasteiger partial charge >= 0.3 is 0 Å². The maximum Gasteiger partial charge on any atom is 0.252 e. The maximum absolute atomic E-state index is 12.8. The summed E-state index contributed by atoms with van der Waals surface area (Å²) in [5, 5.41) is 6.69. The summed E-state index contributed by atoms with van der Waals surface area (Å²) < 4.78 is 0. The number of benzene rings is 2. The SMILES string of the molecule is CCN1OC[C@H](CC(=O)c2ccc(C3=NO[C@](C)(c4cc(Cl)cc(Cl)c4)C3)cc2C)C1=O. The van der Waals surface area contributed by atoms with Crippen molar-refractivity contribution in [1.82, 2.24) is 5.06 Å². The second-order valence-electron chi connectivity index (χ2n) is 8.38. The number of ketones is 1. The standard InChI is InChI=1S/C24H24Cl2N2O4/c1-4-28-23(30)16(13-31-28)8-22(29)20-6-5-15(7-14(20)2)21-12-24(3,32-27-21)17-9-18(25)11-19(26)10-17/h5-7,9-11,16H,4,8,12-13H2,1-3H3/t16-,24-/m0/s1. The average Bonchev–Trinajstić information content (AvgIpc) is 3.31. The number of hydrogen-bond donors (Lipinski definition) is 0. The molecular weight excluding hydrogens is 451 g/mol. The number of amides is 1. The van der Waals surface area contributed by atoms with Crippen molar-refractivity contribution in [3.8, 4) is 0 Å². The number of halogens is 2. The number of hydroxylamine groups is 2. The van der Waals surface area contributed by atoms with Crippen molar-refractivity contribution in [2.45, 2.75) is 39.2 Å². The molecule has 168 valence electrons. The number of aryl methyl sites for hydroxylation is 1. The molecule has 1 saturated heterocycles. The fourth-order valence-corrected chi connectivity index (χ4v) is 4.64. The van der Waals surface area contributed by atoms with E-state index in [2.05, 4.69) is 5.16 Å². The van der Waals surface area contributed by atoms with Gasteiger partial charge in [-0.05, 0) is 56.2 Å². The topological polar surface area (TPSA) is 68.2 Å². The minimum absolute atomic E-state index is 0.0722. The van der Waals surface area contributed by atoms with Crippen LogP contribution in [0, 0.1) is 12.8 Å². The number of Topliss-reactive ketones (excluding diaryl/α,β-unsaturated/α-hetero) is 1. The van der Waals surface area contributed by atoms with Crippen LogP contribution in [0.15, 0.2) is 41.6 Å². The van der Waals surface area contributed by atoms with Gasteiger partial charge in [0.1, 0.15) is 0 Å². The highest BCUT2D eigenvalue weighted by atomic mass is 35.5. The summed E-state index contributed by atoms with van der Waals surface area (Å²) in [5.41, 5.74) is 3.26. The zero-order chi connectivity index (χ0) is 23.0. The molecule has 8 heteroatoms. The van der Waals surface area contributed by atoms with Crippen LogP contribution in [0.1, 0.15) is 53.7 Å². The molecule has 1 amide bonds. The molecule has 2 aliphatic heterocycles. The molecule has 2 atom stereocenters. The highest BCUT2D eigenvalue weighted by molar-refractivity contribution is 6.34. The van der Waals surface area contributed by atoms with Crippen molar-refractivity contribution >= 4 is 40.6 Å². The summed E-state index contributed by atoms with van der Waals surface area (Å²) in [5.74, 6) is -0.635. The Morgan fingerprint density at radius 3 is 2.56 bits per heavy atom. The fraction of sp³-hybridized carbons (Fsp3) is 0.375. The summed E-state index contributed by atoms with van der Waals surface area (Å²) >= 11 is 12.3. The second-order valence-corrected chi connectivity index (χ2v) is 9.25. The molecule has 0 bridgehead atoms. The lowest BCUT2D eigenvalue weighted by molar-refractivity contribution is -0.160. The van der Waals surface area contributed by atoms with Gasteiger partial charge < -0.3 is 4.84 Å². The molecule has 0 saturated carbocycles. The summed E-state index contributed by atoms with van der Waals surface area (Å²) in [6.07, 6.45) is 0.671. The molecule has 0 spiro atoms. The summed E-state index contributed by atoms with van der Waals surface area (Å²) in [4.78, 5) is 36.2. The first-order valence-electron chi connectivity index (χ1n) is 10.5. The van der Waals surface area contributed by atoms with Crippen LogP contribution in [0.5, 0.6) is 0 Å². The molecule has 0 unspecified atom stereocenters. The molecule has 32 heavy (non-hydrogen) atoms. The van der Waals surface area contributed by atoms with Crippen molar-refractivity contribution in [2.24, 2.45) is 11.1 Å². The molecule has 0 aromatic heterocycles. The van der Waals surface area contributed by atoms with Gasteiger partial charge in [0.15, 0.2) is 11.4 Å². The summed E-state index contributed by atoms with van der Waals surface area (Å²) in [6.45, 7) is 6.38. The van der Waals surface area contributed by atoms with Gasteiger partial charge in [-0.25, -0.2) is 5.06 Å². The molecule has 0 N–H and O–H groups in total. The Kier molecular flexibility index (Phi) is 6.30. The Labute approximate surface area is 197 Å². The third kappa shape index (κ3) is 4.40. The normalized spacial score (nSPS) is 22.8. The van der Waals surface area contributed by atoms with Gasteiger partial charge in [0, 0.05) is 40.6 Å². The highest BCUT2D eigenvalue weighted by Gasteiger charge is 2.38. The van der Waals surface area contributed by atoms with Crippen LogP contribution in [0.2, 0.25) is 10.0 Å². The van der Waals surface area contributed by atoms with Crippen LogP contribution in [-0.4, -0.2) is 35.6 Å². The lowest BCUT2D eigenvalue weighted by Crippen LogP contribution is -2.27. The number of nitrogens with zero attached hydrogens (tertiary/aromatic N) is 2. The minimum atomic E-state index is -0.680. The average molecular weight is 475 g/mol. The summed E-state index contributed by atoms with van der Waals surface area (Å²) in [6, 6.07) is 10.9. The molecule has 1 fully saturated rings. The van der Waals surface area contributed by atoms with Crippen LogP contribution < -0.4 is 0 Å². The van der Waals surface area contributed by atoms with Gasteiger partial charge in [-0.15, -0.1) is 0 Å². The van der Waals surface area contributed by atoms with E-state index in [9.17, 15) is 9.59 Å². The van der Waals surface area contributed by atoms with Gasteiger partial charge in [-0.1, -0.05) is 40.5 Å². The quantitative estimate of drug-likeness (QED) is 0.530. The first-order valence-corrected chi connectivity index (χ1v) is 11.3. The van der Waals surface area contributed by atoms with Crippen molar-refractivity contribution in [2.75, 3.05) is 13.2 Å². The largest absolute Gasteiger partial charge is 0.384 e. The predicted molar refractivity (Wildman–Crippen MR) is 123 cm³/mol. The van der Waals surface area contributed by atoms with Crippen LogP contribution >= 0.6 is 23.2 Å². The van der Waals surface area contributed by atoms with E-state index in [0.29, 0.717) is 28.6 Å². The monoisotopic (exact) mass is 474 g/mol. The Morgan fingerprint density at radius 2 is 1.94 bits per heavy atom. The minimum Gasteiger partial charge on any atom is -0.384 e.